The van der Waals surface area contributed by atoms with Crippen LogP contribution < -0.4 is 0 Å². The molecular weight excluding hydrogens is 1000 g/mol. The molecule has 340 valence electrons. The Bertz CT molecular complexity index is 3180. The standard InChI is InChI=1S/C61H59N4O.Pt/c1-38(2)49-33-45(42-24-18-13-19-25-42)34-50(39(3)4)57(49)65-54-27-29-63-55(56(54)64-59(65)51-36-48(60(5,6)7)37-52(58(51)66)61(8,9)10)47-31-44(41-22-16-12-17-23-41)30-46(32-47)53-35-43(26-28-62-53)40-20-14-11-15-21-40;/h11-31,33-39,66H,1-10H3;/q-1;. The summed E-state index contributed by atoms with van der Waals surface area (Å²) in [6.45, 7) is 22.3. The van der Waals surface area contributed by atoms with Crippen molar-refractivity contribution in [3.63, 3.8) is 0 Å². The van der Waals surface area contributed by atoms with Crippen molar-refractivity contribution in [3.8, 4) is 78.7 Å². The minimum atomic E-state index is -0.345. The molecule has 1 N–H and O–H groups in total. The second kappa shape index (κ2) is 18.7. The van der Waals surface area contributed by atoms with Crippen LogP contribution in [-0.2, 0) is 31.9 Å². The van der Waals surface area contributed by atoms with Crippen LogP contribution in [0, 0.1) is 6.07 Å². The normalized spacial score (nSPS) is 11.9. The van der Waals surface area contributed by atoms with Crippen molar-refractivity contribution in [3.05, 3.63) is 186 Å². The van der Waals surface area contributed by atoms with Crippen LogP contribution in [-0.4, -0.2) is 24.6 Å². The van der Waals surface area contributed by atoms with Crippen LogP contribution in [0.2, 0.25) is 0 Å². The molecule has 0 radical (unpaired) electrons. The molecule has 0 fully saturated rings. The van der Waals surface area contributed by atoms with Gasteiger partial charge in [-0.2, -0.15) is 0 Å². The predicted molar refractivity (Wildman–Crippen MR) is 275 cm³/mol. The molecule has 0 aliphatic rings. The molecule has 67 heavy (non-hydrogen) atoms. The van der Waals surface area contributed by atoms with E-state index in [1.807, 2.05) is 24.5 Å². The van der Waals surface area contributed by atoms with E-state index < -0.39 is 0 Å². The van der Waals surface area contributed by atoms with E-state index in [-0.39, 0.29) is 49.5 Å². The first-order valence-corrected chi connectivity index (χ1v) is 23.2. The van der Waals surface area contributed by atoms with Gasteiger partial charge in [0.05, 0.1) is 22.3 Å². The Morgan fingerprint density at radius 3 is 1.60 bits per heavy atom. The number of pyridine rings is 2. The number of phenolic OH excluding ortho intramolecular Hbond substituents is 1. The van der Waals surface area contributed by atoms with Gasteiger partial charge in [-0.25, -0.2) is 4.98 Å². The molecule has 0 atom stereocenters. The van der Waals surface area contributed by atoms with Gasteiger partial charge in [-0.15, -0.1) is 18.2 Å². The van der Waals surface area contributed by atoms with Gasteiger partial charge in [0.2, 0.25) is 0 Å². The molecule has 0 unspecified atom stereocenters. The Labute approximate surface area is 411 Å². The fraction of sp³-hybridized carbons (Fsp3) is 0.230. The van der Waals surface area contributed by atoms with E-state index in [9.17, 15) is 5.11 Å². The summed E-state index contributed by atoms with van der Waals surface area (Å²) < 4.78 is 2.32. The van der Waals surface area contributed by atoms with Gasteiger partial charge in [0.15, 0.2) is 0 Å². The first-order chi connectivity index (χ1) is 31.6. The Kier molecular flexibility index (Phi) is 13.1. The van der Waals surface area contributed by atoms with Crippen LogP contribution in [0.5, 0.6) is 5.75 Å². The van der Waals surface area contributed by atoms with Gasteiger partial charge in [-0.1, -0.05) is 189 Å². The third kappa shape index (κ3) is 9.32. The molecule has 0 aliphatic heterocycles. The molecule has 3 aromatic heterocycles. The summed E-state index contributed by atoms with van der Waals surface area (Å²) in [5.41, 5.74) is 17.1. The van der Waals surface area contributed by atoms with Gasteiger partial charge in [-0.05, 0) is 97.5 Å². The molecular formula is C61H59N4OPt-. The molecule has 6 heteroatoms. The van der Waals surface area contributed by atoms with Gasteiger partial charge >= 0.3 is 0 Å². The molecule has 3 heterocycles. The largest absolute Gasteiger partial charge is 0.507 e. The first kappa shape index (κ1) is 47.1. The van der Waals surface area contributed by atoms with Crippen LogP contribution in [0.1, 0.15) is 103 Å². The zero-order valence-electron chi connectivity index (χ0n) is 40.2. The van der Waals surface area contributed by atoms with Crippen molar-refractivity contribution in [1.29, 1.82) is 0 Å². The number of aromatic nitrogens is 4. The van der Waals surface area contributed by atoms with E-state index in [4.69, 9.17) is 15.0 Å². The van der Waals surface area contributed by atoms with Crippen LogP contribution in [0.15, 0.2) is 158 Å². The topological polar surface area (TPSA) is 63.8 Å². The average molecular weight is 1060 g/mol. The van der Waals surface area contributed by atoms with Crippen molar-refractivity contribution < 1.29 is 26.2 Å². The maximum atomic E-state index is 12.6. The number of nitrogens with zero attached hydrogens (tertiary/aromatic N) is 4. The third-order valence-electron chi connectivity index (χ3n) is 12.7. The molecule has 6 aromatic carbocycles. The van der Waals surface area contributed by atoms with E-state index in [2.05, 4.69) is 213 Å². The van der Waals surface area contributed by atoms with Crippen LogP contribution in [0.4, 0.5) is 0 Å². The van der Waals surface area contributed by atoms with E-state index in [1.54, 1.807) is 0 Å². The number of benzene rings is 6. The molecule has 0 amide bonds. The quantitative estimate of drug-likeness (QED) is 0.146. The van der Waals surface area contributed by atoms with Gasteiger partial charge in [0.1, 0.15) is 11.6 Å². The number of imidazole rings is 1. The van der Waals surface area contributed by atoms with Crippen molar-refractivity contribution in [2.45, 2.75) is 91.9 Å². The summed E-state index contributed by atoms with van der Waals surface area (Å²) in [5.74, 6) is 1.22. The zero-order valence-corrected chi connectivity index (χ0v) is 42.5. The molecule has 0 saturated heterocycles. The Hall–Kier alpha value is -6.42. The third-order valence-corrected chi connectivity index (χ3v) is 12.7. The fourth-order valence-electron chi connectivity index (χ4n) is 9.05. The smallest absolute Gasteiger partial charge is 0.148 e. The summed E-state index contributed by atoms with van der Waals surface area (Å²) in [7, 11) is 0. The number of rotatable bonds is 9. The van der Waals surface area contributed by atoms with Gasteiger partial charge in [0.25, 0.3) is 0 Å². The second-order valence-corrected chi connectivity index (χ2v) is 20.3. The summed E-state index contributed by atoms with van der Waals surface area (Å²) in [6, 6.07) is 54.9. The number of phenols is 1. The Morgan fingerprint density at radius 2 is 1.06 bits per heavy atom. The minimum absolute atomic E-state index is 0. The van der Waals surface area contributed by atoms with Crippen LogP contribution in [0.3, 0.4) is 0 Å². The van der Waals surface area contributed by atoms with Crippen LogP contribution >= 0.6 is 0 Å². The minimum Gasteiger partial charge on any atom is -0.507 e. The van der Waals surface area contributed by atoms with E-state index in [1.165, 1.54) is 22.3 Å². The number of aromatic hydroxyl groups is 1. The SMILES string of the molecule is CC(C)c1cc(-c2ccccc2)cc(C(C)C)c1-n1c(-c2cc(C(C)(C)C)cc(C(C)(C)C)c2O)nc2c(-c3[c-]c(-c4cc(-c5ccccc5)ccn4)cc(-c4ccccc4)c3)nccc21.[Pt]. The number of hydrogen-bond donors (Lipinski definition) is 1. The Morgan fingerprint density at radius 1 is 0.537 bits per heavy atom. The average Bonchev–Trinajstić information content (AvgIpc) is 3.70. The summed E-state index contributed by atoms with van der Waals surface area (Å²) in [6.07, 6.45) is 3.77. The van der Waals surface area contributed by atoms with E-state index in [0.717, 1.165) is 66.9 Å². The molecule has 0 spiro atoms. The van der Waals surface area contributed by atoms with Crippen molar-refractivity contribution in [2.24, 2.45) is 0 Å². The maximum absolute atomic E-state index is 12.6. The predicted octanol–water partition coefficient (Wildman–Crippen LogP) is 16.2. The molecule has 5 nitrogen and oxygen atoms in total. The molecule has 0 aliphatic carbocycles. The van der Waals surface area contributed by atoms with Gasteiger partial charge in [-0.3, -0.25) is 14.5 Å². The maximum Gasteiger partial charge on any atom is 0.148 e. The van der Waals surface area contributed by atoms with Crippen LogP contribution in [0.25, 0.3) is 84.0 Å². The molecule has 0 saturated carbocycles. The Balaban J connectivity index is 0.00000608. The number of fused-ring (bicyclic) bond motifs is 1. The fourth-order valence-corrected chi connectivity index (χ4v) is 9.05. The zero-order chi connectivity index (χ0) is 46.5. The summed E-state index contributed by atoms with van der Waals surface area (Å²) in [5, 5.41) is 12.6. The van der Waals surface area contributed by atoms with Gasteiger partial charge < -0.3 is 5.11 Å². The molecule has 9 rings (SSSR count). The van der Waals surface area contributed by atoms with E-state index in [0.29, 0.717) is 17.1 Å². The van der Waals surface area contributed by atoms with Gasteiger partial charge in [0, 0.05) is 50.4 Å². The first-order valence-electron chi connectivity index (χ1n) is 23.2. The summed E-state index contributed by atoms with van der Waals surface area (Å²) >= 11 is 0. The molecule has 0 bridgehead atoms. The van der Waals surface area contributed by atoms with Crippen molar-refractivity contribution in [1.82, 2.24) is 19.5 Å². The number of hydrogen-bond acceptors (Lipinski definition) is 4. The van der Waals surface area contributed by atoms with Crippen molar-refractivity contribution in [2.75, 3.05) is 0 Å². The van der Waals surface area contributed by atoms with E-state index >= 15 is 0 Å². The molecule has 9 aromatic rings. The summed E-state index contributed by atoms with van der Waals surface area (Å²) in [4.78, 5) is 15.8. The monoisotopic (exact) mass is 1060 g/mol. The van der Waals surface area contributed by atoms with Crippen molar-refractivity contribution >= 4 is 11.0 Å². The second-order valence-electron chi connectivity index (χ2n) is 20.3.